The maximum atomic E-state index is 12.7. The summed E-state index contributed by atoms with van der Waals surface area (Å²) in [7, 11) is 2.75. The molecular formula is C18H27NO6. The summed E-state index contributed by atoms with van der Waals surface area (Å²) in [6.45, 7) is 5.35. The van der Waals surface area contributed by atoms with Gasteiger partial charge in [0.15, 0.2) is 6.79 Å². The highest BCUT2D eigenvalue weighted by atomic mass is 16.7. The van der Waals surface area contributed by atoms with Gasteiger partial charge in [0.2, 0.25) is 0 Å². The van der Waals surface area contributed by atoms with Crippen molar-refractivity contribution in [2.24, 2.45) is 5.73 Å². The average Bonchev–Trinajstić information content (AvgIpc) is 2.55. The molecule has 1 rings (SSSR count). The van der Waals surface area contributed by atoms with Crippen molar-refractivity contribution in [3.8, 4) is 5.75 Å². The van der Waals surface area contributed by atoms with E-state index in [-0.39, 0.29) is 13.2 Å². The molecule has 0 saturated heterocycles. The molecule has 0 fully saturated rings. The normalized spacial score (nSPS) is 13.7. The fraction of sp³-hybridized carbons (Fsp3) is 0.556. The second-order valence-corrected chi connectivity index (χ2v) is 6.54. The van der Waals surface area contributed by atoms with Crippen molar-refractivity contribution >= 4 is 11.9 Å². The van der Waals surface area contributed by atoms with Crippen molar-refractivity contribution in [3.05, 3.63) is 29.8 Å². The second kappa shape index (κ2) is 9.39. The van der Waals surface area contributed by atoms with E-state index >= 15 is 0 Å². The van der Waals surface area contributed by atoms with Crippen LogP contribution in [0.3, 0.4) is 0 Å². The van der Waals surface area contributed by atoms with Crippen molar-refractivity contribution in [1.29, 1.82) is 0 Å². The van der Waals surface area contributed by atoms with E-state index < -0.39 is 29.5 Å². The van der Waals surface area contributed by atoms with Crippen LogP contribution in [0, 0.1) is 0 Å². The van der Waals surface area contributed by atoms with Gasteiger partial charge in [-0.15, -0.1) is 0 Å². The van der Waals surface area contributed by atoms with Gasteiger partial charge in [-0.1, -0.05) is 18.2 Å². The Balaban J connectivity index is 3.17. The third-order valence-electron chi connectivity index (χ3n) is 3.31. The minimum absolute atomic E-state index is 0.0289. The second-order valence-electron chi connectivity index (χ2n) is 6.54. The lowest BCUT2D eigenvalue weighted by Gasteiger charge is -2.26. The number of methoxy groups -OCH3 is 2. The lowest BCUT2D eigenvalue weighted by Crippen LogP contribution is -2.37. The van der Waals surface area contributed by atoms with E-state index in [9.17, 15) is 9.59 Å². The fourth-order valence-electron chi connectivity index (χ4n) is 2.25. The standard InChI is InChI=1S/C18H27NO6/c1-18(2,3)25-16(20)13(10-14(19)17(21)23-5)12-8-6-7-9-15(12)24-11-22-4/h6-9,13-14H,10-11,19H2,1-5H3. The van der Waals surface area contributed by atoms with Crippen LogP contribution in [-0.2, 0) is 23.8 Å². The zero-order valence-electron chi connectivity index (χ0n) is 15.4. The number of carbonyl (C=O) groups is 2. The van der Waals surface area contributed by atoms with Crippen LogP contribution in [-0.4, -0.2) is 44.6 Å². The molecule has 0 aliphatic heterocycles. The Morgan fingerprint density at radius 2 is 1.76 bits per heavy atom. The first-order chi connectivity index (χ1) is 11.7. The van der Waals surface area contributed by atoms with Gasteiger partial charge in [-0.05, 0) is 33.3 Å². The molecular weight excluding hydrogens is 326 g/mol. The number of esters is 2. The molecule has 2 N–H and O–H groups in total. The molecule has 0 saturated carbocycles. The van der Waals surface area contributed by atoms with Crippen LogP contribution in [0.25, 0.3) is 0 Å². The summed E-state index contributed by atoms with van der Waals surface area (Å²) in [6, 6.07) is 6.05. The summed E-state index contributed by atoms with van der Waals surface area (Å²) in [5, 5.41) is 0. The maximum absolute atomic E-state index is 12.7. The number of hydrogen-bond donors (Lipinski definition) is 1. The Kier molecular flexibility index (Phi) is 7.86. The van der Waals surface area contributed by atoms with Crippen LogP contribution in [0.4, 0.5) is 0 Å². The number of ether oxygens (including phenoxy) is 4. The monoisotopic (exact) mass is 353 g/mol. The highest BCUT2D eigenvalue weighted by molar-refractivity contribution is 5.82. The van der Waals surface area contributed by atoms with Gasteiger partial charge in [-0.25, -0.2) is 0 Å². The Morgan fingerprint density at radius 3 is 2.32 bits per heavy atom. The van der Waals surface area contributed by atoms with Crippen molar-refractivity contribution in [2.75, 3.05) is 21.0 Å². The third-order valence-corrected chi connectivity index (χ3v) is 3.31. The summed E-state index contributed by atoms with van der Waals surface area (Å²) in [5.41, 5.74) is 5.77. The van der Waals surface area contributed by atoms with E-state index in [1.165, 1.54) is 14.2 Å². The molecule has 0 aliphatic carbocycles. The largest absolute Gasteiger partial charge is 0.468 e. The zero-order chi connectivity index (χ0) is 19.0. The van der Waals surface area contributed by atoms with Crippen molar-refractivity contribution < 1.29 is 28.5 Å². The molecule has 0 bridgehead atoms. The molecule has 1 aromatic rings. The molecule has 0 amide bonds. The molecule has 1 aromatic carbocycles. The lowest BCUT2D eigenvalue weighted by molar-refractivity contribution is -0.157. The van der Waals surface area contributed by atoms with Crippen LogP contribution < -0.4 is 10.5 Å². The van der Waals surface area contributed by atoms with Crippen LogP contribution in [0.1, 0.15) is 38.7 Å². The van der Waals surface area contributed by atoms with Gasteiger partial charge in [0, 0.05) is 12.7 Å². The van der Waals surface area contributed by atoms with Gasteiger partial charge < -0.3 is 24.7 Å². The van der Waals surface area contributed by atoms with E-state index in [4.69, 9.17) is 19.9 Å². The predicted octanol–water partition coefficient (Wildman–Crippen LogP) is 1.98. The number of benzene rings is 1. The molecule has 0 radical (unpaired) electrons. The number of para-hydroxylation sites is 1. The van der Waals surface area contributed by atoms with Gasteiger partial charge in [-0.3, -0.25) is 9.59 Å². The number of hydrogen-bond acceptors (Lipinski definition) is 7. The maximum Gasteiger partial charge on any atom is 0.322 e. The lowest BCUT2D eigenvalue weighted by atomic mass is 9.91. The van der Waals surface area contributed by atoms with Gasteiger partial charge in [0.25, 0.3) is 0 Å². The van der Waals surface area contributed by atoms with Crippen LogP contribution >= 0.6 is 0 Å². The van der Waals surface area contributed by atoms with E-state index in [2.05, 4.69) is 4.74 Å². The third kappa shape index (κ3) is 6.72. The Labute approximate surface area is 148 Å². The van der Waals surface area contributed by atoms with Gasteiger partial charge in [0.05, 0.1) is 13.0 Å². The molecule has 0 heterocycles. The summed E-state index contributed by atoms with van der Waals surface area (Å²) >= 11 is 0. The summed E-state index contributed by atoms with van der Waals surface area (Å²) in [4.78, 5) is 24.4. The van der Waals surface area contributed by atoms with Crippen LogP contribution in [0.5, 0.6) is 5.75 Å². The summed E-state index contributed by atoms with van der Waals surface area (Å²) in [5.74, 6) is -1.39. The molecule has 25 heavy (non-hydrogen) atoms. The Morgan fingerprint density at radius 1 is 1.12 bits per heavy atom. The Bertz CT molecular complexity index is 581. The van der Waals surface area contributed by atoms with Crippen molar-refractivity contribution in [2.45, 2.75) is 44.8 Å². The van der Waals surface area contributed by atoms with Crippen molar-refractivity contribution in [3.63, 3.8) is 0 Å². The highest BCUT2D eigenvalue weighted by Gasteiger charge is 2.32. The fourth-order valence-corrected chi connectivity index (χ4v) is 2.25. The number of nitrogens with two attached hydrogens (primary N) is 1. The first-order valence-electron chi connectivity index (χ1n) is 7.96. The minimum atomic E-state index is -0.960. The number of rotatable bonds is 8. The molecule has 2 unspecified atom stereocenters. The average molecular weight is 353 g/mol. The van der Waals surface area contributed by atoms with E-state index in [0.717, 1.165) is 0 Å². The highest BCUT2D eigenvalue weighted by Crippen LogP contribution is 2.32. The van der Waals surface area contributed by atoms with Crippen LogP contribution in [0.2, 0.25) is 0 Å². The van der Waals surface area contributed by atoms with Gasteiger partial charge in [0.1, 0.15) is 17.4 Å². The molecule has 140 valence electrons. The molecule has 2 atom stereocenters. The number of carbonyl (C=O) groups excluding carboxylic acids is 2. The van der Waals surface area contributed by atoms with Crippen molar-refractivity contribution in [1.82, 2.24) is 0 Å². The molecule has 0 spiro atoms. The molecule has 0 aromatic heterocycles. The topological polar surface area (TPSA) is 97.1 Å². The zero-order valence-corrected chi connectivity index (χ0v) is 15.4. The molecule has 0 aliphatic rings. The first kappa shape index (κ1) is 20.9. The van der Waals surface area contributed by atoms with E-state index in [0.29, 0.717) is 11.3 Å². The summed E-state index contributed by atoms with van der Waals surface area (Å²) < 4.78 is 20.6. The minimum Gasteiger partial charge on any atom is -0.468 e. The quantitative estimate of drug-likeness (QED) is 0.564. The Hall–Kier alpha value is -2.12. The molecule has 7 heteroatoms. The molecule has 7 nitrogen and oxygen atoms in total. The first-order valence-corrected chi connectivity index (χ1v) is 7.96. The van der Waals surface area contributed by atoms with E-state index in [1.54, 1.807) is 45.0 Å². The summed E-state index contributed by atoms with van der Waals surface area (Å²) in [6.07, 6.45) is 0.0366. The van der Waals surface area contributed by atoms with Gasteiger partial charge >= 0.3 is 11.9 Å². The SMILES string of the molecule is COCOc1ccccc1C(CC(N)C(=O)OC)C(=O)OC(C)(C)C. The van der Waals surface area contributed by atoms with E-state index in [1.807, 2.05) is 0 Å². The van der Waals surface area contributed by atoms with Crippen LogP contribution in [0.15, 0.2) is 24.3 Å². The van der Waals surface area contributed by atoms with Gasteiger partial charge in [-0.2, -0.15) is 0 Å². The predicted molar refractivity (Wildman–Crippen MR) is 92.1 cm³/mol. The smallest absolute Gasteiger partial charge is 0.322 e.